The van der Waals surface area contributed by atoms with Crippen molar-refractivity contribution in [2.45, 2.75) is 0 Å². The standard InChI is InChI=1S/C26H21ClFN3O2/c27-18-9-11-19(12-10-18)31-17-22(20-5-1-2-6-21(20)26(31)33)25(32)30-15-13-29(14-16-30)24-8-4-3-7-23(24)28/h1-12,17H,13-16H2. The number of halogens is 2. The van der Waals surface area contributed by atoms with Crippen molar-refractivity contribution in [3.8, 4) is 5.69 Å². The Morgan fingerprint density at radius 2 is 1.45 bits per heavy atom. The van der Waals surface area contributed by atoms with E-state index >= 15 is 0 Å². The summed E-state index contributed by atoms with van der Waals surface area (Å²) in [5.74, 6) is -0.416. The van der Waals surface area contributed by atoms with Crippen LogP contribution in [-0.4, -0.2) is 41.6 Å². The average Bonchev–Trinajstić information content (AvgIpc) is 2.85. The fourth-order valence-electron chi connectivity index (χ4n) is 4.28. The van der Waals surface area contributed by atoms with E-state index in [-0.39, 0.29) is 17.3 Å². The minimum absolute atomic E-state index is 0.151. The zero-order valence-electron chi connectivity index (χ0n) is 17.7. The molecule has 1 aliphatic rings. The number of carbonyl (C=O) groups is 1. The fraction of sp³-hybridized carbons (Fsp3) is 0.154. The molecule has 0 N–H and O–H groups in total. The Bertz CT molecular complexity index is 1390. The summed E-state index contributed by atoms with van der Waals surface area (Å²) < 4.78 is 15.7. The number of pyridine rings is 1. The minimum atomic E-state index is -0.265. The van der Waals surface area contributed by atoms with Crippen LogP contribution in [-0.2, 0) is 0 Å². The van der Waals surface area contributed by atoms with Crippen LogP contribution >= 0.6 is 11.6 Å². The summed E-state index contributed by atoms with van der Waals surface area (Å²) >= 11 is 6.01. The van der Waals surface area contributed by atoms with Crippen LogP contribution in [0.25, 0.3) is 16.5 Å². The lowest BCUT2D eigenvalue weighted by Crippen LogP contribution is -2.49. The summed E-state index contributed by atoms with van der Waals surface area (Å²) in [4.78, 5) is 30.4. The van der Waals surface area contributed by atoms with Crippen LogP contribution in [0.1, 0.15) is 10.4 Å². The molecule has 0 radical (unpaired) electrons. The third-order valence-electron chi connectivity index (χ3n) is 6.02. The minimum Gasteiger partial charge on any atom is -0.366 e. The lowest BCUT2D eigenvalue weighted by atomic mass is 10.1. The number of carbonyl (C=O) groups excluding carboxylic acids is 1. The molecule has 4 aromatic rings. The van der Waals surface area contributed by atoms with Crippen molar-refractivity contribution in [2.24, 2.45) is 0 Å². The molecule has 0 saturated carbocycles. The molecule has 5 nitrogen and oxygen atoms in total. The highest BCUT2D eigenvalue weighted by atomic mass is 35.5. The van der Waals surface area contributed by atoms with E-state index in [1.807, 2.05) is 17.0 Å². The Balaban J connectivity index is 1.49. The Morgan fingerprint density at radius 1 is 0.818 bits per heavy atom. The Hall–Kier alpha value is -3.64. The predicted octanol–water partition coefficient (Wildman–Crippen LogP) is 4.75. The van der Waals surface area contributed by atoms with E-state index in [0.717, 1.165) is 0 Å². The zero-order chi connectivity index (χ0) is 22.9. The van der Waals surface area contributed by atoms with Gasteiger partial charge in [-0.15, -0.1) is 0 Å². The molecule has 1 aromatic heterocycles. The van der Waals surface area contributed by atoms with Gasteiger partial charge in [0, 0.05) is 53.9 Å². The molecule has 3 aromatic carbocycles. The summed E-state index contributed by atoms with van der Waals surface area (Å²) in [6, 6.07) is 20.7. The maximum Gasteiger partial charge on any atom is 0.262 e. The monoisotopic (exact) mass is 461 g/mol. The smallest absolute Gasteiger partial charge is 0.262 e. The van der Waals surface area contributed by atoms with E-state index in [9.17, 15) is 14.0 Å². The second-order valence-corrected chi connectivity index (χ2v) is 8.41. The zero-order valence-corrected chi connectivity index (χ0v) is 18.5. The Kier molecular flexibility index (Phi) is 5.60. The molecule has 1 aliphatic heterocycles. The highest BCUT2D eigenvalue weighted by molar-refractivity contribution is 6.30. The molecule has 1 saturated heterocycles. The average molecular weight is 462 g/mol. The van der Waals surface area contributed by atoms with Gasteiger partial charge in [0.1, 0.15) is 5.82 Å². The first kappa shape index (κ1) is 21.2. The summed E-state index contributed by atoms with van der Waals surface area (Å²) in [5, 5.41) is 1.66. The molecular formula is C26H21ClFN3O2. The number of fused-ring (bicyclic) bond motifs is 1. The van der Waals surface area contributed by atoms with Crippen molar-refractivity contribution in [1.29, 1.82) is 0 Å². The number of amides is 1. The van der Waals surface area contributed by atoms with Crippen molar-refractivity contribution in [3.05, 3.63) is 106 Å². The summed E-state index contributed by atoms with van der Waals surface area (Å²) in [6.07, 6.45) is 1.61. The molecule has 5 rings (SSSR count). The highest BCUT2D eigenvalue weighted by Gasteiger charge is 2.25. The third kappa shape index (κ3) is 3.98. The van der Waals surface area contributed by atoms with Crippen LogP contribution in [0.4, 0.5) is 10.1 Å². The van der Waals surface area contributed by atoms with Gasteiger partial charge in [0.2, 0.25) is 0 Å². The predicted molar refractivity (Wildman–Crippen MR) is 129 cm³/mol. The lowest BCUT2D eigenvalue weighted by molar-refractivity contribution is 0.0748. The molecule has 2 heterocycles. The number of rotatable bonds is 3. The number of aromatic nitrogens is 1. The van der Waals surface area contributed by atoms with Crippen LogP contribution in [0.3, 0.4) is 0 Å². The Labute approximate surface area is 195 Å². The normalized spacial score (nSPS) is 14.0. The van der Waals surface area contributed by atoms with E-state index in [1.54, 1.807) is 65.7 Å². The van der Waals surface area contributed by atoms with Crippen molar-refractivity contribution in [1.82, 2.24) is 9.47 Å². The molecule has 166 valence electrons. The van der Waals surface area contributed by atoms with Gasteiger partial charge >= 0.3 is 0 Å². The van der Waals surface area contributed by atoms with Gasteiger partial charge in [0.25, 0.3) is 11.5 Å². The second kappa shape index (κ2) is 8.71. The first-order valence-electron chi connectivity index (χ1n) is 10.7. The van der Waals surface area contributed by atoms with Crippen LogP contribution in [0, 0.1) is 5.82 Å². The number of hydrogen-bond acceptors (Lipinski definition) is 3. The number of benzene rings is 3. The highest BCUT2D eigenvalue weighted by Crippen LogP contribution is 2.23. The second-order valence-electron chi connectivity index (χ2n) is 7.97. The number of nitrogens with zero attached hydrogens (tertiary/aromatic N) is 3. The molecule has 0 atom stereocenters. The Morgan fingerprint density at radius 3 is 2.15 bits per heavy atom. The first-order valence-corrected chi connectivity index (χ1v) is 11.1. The lowest BCUT2D eigenvalue weighted by Gasteiger charge is -2.36. The van der Waals surface area contributed by atoms with Crippen LogP contribution in [0.2, 0.25) is 5.02 Å². The van der Waals surface area contributed by atoms with Gasteiger partial charge < -0.3 is 9.80 Å². The largest absolute Gasteiger partial charge is 0.366 e. The van der Waals surface area contributed by atoms with E-state index in [1.165, 1.54) is 10.6 Å². The SMILES string of the molecule is O=C(c1cn(-c2ccc(Cl)cc2)c(=O)c2ccccc12)N1CCN(c2ccccc2F)CC1. The van der Waals surface area contributed by atoms with Gasteiger partial charge in [-0.25, -0.2) is 4.39 Å². The van der Waals surface area contributed by atoms with Crippen molar-refractivity contribution in [3.63, 3.8) is 0 Å². The van der Waals surface area contributed by atoms with Crippen LogP contribution < -0.4 is 10.5 Å². The summed E-state index contributed by atoms with van der Waals surface area (Å²) in [5.41, 5.74) is 1.44. The number of para-hydroxylation sites is 1. The molecule has 33 heavy (non-hydrogen) atoms. The number of anilines is 1. The van der Waals surface area contributed by atoms with Crippen LogP contribution in [0.5, 0.6) is 0 Å². The van der Waals surface area contributed by atoms with Gasteiger partial charge in [-0.2, -0.15) is 0 Å². The van der Waals surface area contributed by atoms with E-state index in [4.69, 9.17) is 11.6 Å². The van der Waals surface area contributed by atoms with Crippen molar-refractivity contribution >= 4 is 34.0 Å². The van der Waals surface area contributed by atoms with Gasteiger partial charge in [0.15, 0.2) is 0 Å². The molecule has 0 bridgehead atoms. The third-order valence-corrected chi connectivity index (χ3v) is 6.27. The maximum absolute atomic E-state index is 14.2. The summed E-state index contributed by atoms with van der Waals surface area (Å²) in [7, 11) is 0. The van der Waals surface area contributed by atoms with Gasteiger partial charge in [-0.3, -0.25) is 14.2 Å². The summed E-state index contributed by atoms with van der Waals surface area (Å²) in [6.45, 7) is 1.98. The topological polar surface area (TPSA) is 45.6 Å². The number of piperazine rings is 1. The van der Waals surface area contributed by atoms with E-state index in [2.05, 4.69) is 0 Å². The molecular weight excluding hydrogens is 441 g/mol. The van der Waals surface area contributed by atoms with Gasteiger partial charge in [0.05, 0.1) is 11.3 Å². The number of hydrogen-bond donors (Lipinski definition) is 0. The quantitative estimate of drug-likeness (QED) is 0.442. The van der Waals surface area contributed by atoms with E-state index in [0.29, 0.717) is 58.9 Å². The molecule has 7 heteroatoms. The van der Waals surface area contributed by atoms with Gasteiger partial charge in [-0.05, 0) is 42.5 Å². The first-order chi connectivity index (χ1) is 16.0. The molecule has 0 aliphatic carbocycles. The fourth-order valence-corrected chi connectivity index (χ4v) is 4.41. The molecule has 0 spiro atoms. The van der Waals surface area contributed by atoms with Crippen LogP contribution in [0.15, 0.2) is 83.8 Å². The maximum atomic E-state index is 14.2. The van der Waals surface area contributed by atoms with Crippen molar-refractivity contribution < 1.29 is 9.18 Å². The van der Waals surface area contributed by atoms with Gasteiger partial charge in [-0.1, -0.05) is 41.9 Å². The molecule has 1 fully saturated rings. The molecule has 1 amide bonds. The van der Waals surface area contributed by atoms with Crippen molar-refractivity contribution in [2.75, 3.05) is 31.1 Å². The van der Waals surface area contributed by atoms with E-state index < -0.39 is 0 Å². The molecule has 0 unspecified atom stereocenters.